The normalized spacial score (nSPS) is 27.1. The van der Waals surface area contributed by atoms with E-state index in [1.54, 1.807) is 12.4 Å². The molecule has 1 aromatic rings. The van der Waals surface area contributed by atoms with Crippen molar-refractivity contribution in [3.63, 3.8) is 0 Å². The number of nitrogens with zero attached hydrogens (tertiary/aromatic N) is 3. The van der Waals surface area contributed by atoms with Crippen molar-refractivity contribution in [3.05, 3.63) is 30.1 Å². The summed E-state index contributed by atoms with van der Waals surface area (Å²) < 4.78 is 5.96. The van der Waals surface area contributed by atoms with Crippen LogP contribution >= 0.6 is 0 Å². The Hall–Kier alpha value is -1.66. The Bertz CT molecular complexity index is 523. The maximum atomic E-state index is 12.4. The number of likely N-dealkylation sites (tertiary alicyclic amines) is 1. The average molecular weight is 318 g/mol. The van der Waals surface area contributed by atoms with Crippen molar-refractivity contribution < 1.29 is 9.53 Å². The lowest BCUT2D eigenvalue weighted by Gasteiger charge is -2.36. The topological polar surface area (TPSA) is 57.7 Å². The fourth-order valence-corrected chi connectivity index (χ4v) is 3.61. The van der Waals surface area contributed by atoms with E-state index < -0.39 is 0 Å². The van der Waals surface area contributed by atoms with Crippen molar-refractivity contribution in [2.24, 2.45) is 11.8 Å². The third-order valence-corrected chi connectivity index (χ3v) is 4.79. The molecule has 1 aromatic heterocycles. The molecule has 0 spiro atoms. The van der Waals surface area contributed by atoms with Gasteiger partial charge in [0.25, 0.3) is 0 Å². The number of piperidine rings is 1. The van der Waals surface area contributed by atoms with Crippen LogP contribution in [0.5, 0.6) is 0 Å². The second-order valence-electron chi connectivity index (χ2n) is 6.81. The predicted octanol–water partition coefficient (Wildman–Crippen LogP) is 1.19. The van der Waals surface area contributed by atoms with Gasteiger partial charge in [-0.25, -0.2) is 4.79 Å². The molecule has 1 N–H and O–H groups in total. The molecular formula is C17H26N4O2. The Balaban J connectivity index is 1.49. The Kier molecular flexibility index (Phi) is 5.13. The van der Waals surface area contributed by atoms with Crippen LogP contribution in [-0.2, 0) is 11.3 Å². The zero-order chi connectivity index (χ0) is 16.2. The van der Waals surface area contributed by atoms with Gasteiger partial charge < -0.3 is 19.9 Å². The van der Waals surface area contributed by atoms with Crippen molar-refractivity contribution in [2.45, 2.75) is 19.1 Å². The van der Waals surface area contributed by atoms with Crippen molar-refractivity contribution in [3.8, 4) is 0 Å². The van der Waals surface area contributed by atoms with Crippen molar-refractivity contribution >= 4 is 6.03 Å². The molecule has 2 fully saturated rings. The molecule has 0 aromatic carbocycles. The second-order valence-corrected chi connectivity index (χ2v) is 6.81. The number of nitrogens with one attached hydrogen (secondary N) is 1. The number of hydrogen-bond donors (Lipinski definition) is 1. The lowest BCUT2D eigenvalue weighted by molar-refractivity contribution is 0.0642. The highest BCUT2D eigenvalue weighted by Gasteiger charge is 2.41. The van der Waals surface area contributed by atoms with Gasteiger partial charge in [0.05, 0.1) is 12.7 Å². The van der Waals surface area contributed by atoms with Crippen LogP contribution in [0.15, 0.2) is 24.5 Å². The minimum Gasteiger partial charge on any atom is -0.376 e. The molecule has 2 aliphatic heterocycles. The Morgan fingerprint density at radius 3 is 3.13 bits per heavy atom. The van der Waals surface area contributed by atoms with Crippen LogP contribution in [0.3, 0.4) is 0 Å². The van der Waals surface area contributed by atoms with Crippen LogP contribution in [0.4, 0.5) is 4.79 Å². The number of pyridine rings is 1. The Labute approximate surface area is 137 Å². The Morgan fingerprint density at radius 2 is 2.39 bits per heavy atom. The number of amides is 2. The summed E-state index contributed by atoms with van der Waals surface area (Å²) in [7, 11) is 4.16. The number of rotatable bonds is 4. The molecule has 3 atom stereocenters. The first-order valence-corrected chi connectivity index (χ1v) is 8.31. The SMILES string of the molecule is CN(C)C[C@H]1OC[C@@H]2CN(C(=O)NCc3cccnc3)CC[C@@H]21. The highest BCUT2D eigenvalue weighted by molar-refractivity contribution is 5.74. The number of ether oxygens (including phenoxy) is 1. The predicted molar refractivity (Wildman–Crippen MR) is 87.9 cm³/mol. The van der Waals surface area contributed by atoms with Gasteiger partial charge >= 0.3 is 6.03 Å². The second kappa shape index (κ2) is 7.27. The third kappa shape index (κ3) is 4.00. The molecule has 6 nitrogen and oxygen atoms in total. The first-order chi connectivity index (χ1) is 11.1. The first-order valence-electron chi connectivity index (χ1n) is 8.31. The number of fused-ring (bicyclic) bond motifs is 1. The van der Waals surface area contributed by atoms with E-state index in [1.807, 2.05) is 17.0 Å². The molecule has 6 heteroatoms. The summed E-state index contributed by atoms with van der Waals surface area (Å²) in [6, 6.07) is 3.87. The maximum Gasteiger partial charge on any atom is 0.317 e. The lowest BCUT2D eigenvalue weighted by Crippen LogP contribution is -2.49. The smallest absolute Gasteiger partial charge is 0.317 e. The van der Waals surface area contributed by atoms with Gasteiger partial charge in [0.1, 0.15) is 0 Å². The van der Waals surface area contributed by atoms with Crippen LogP contribution < -0.4 is 5.32 Å². The molecule has 126 valence electrons. The lowest BCUT2D eigenvalue weighted by atomic mass is 9.84. The summed E-state index contributed by atoms with van der Waals surface area (Å²) in [5, 5.41) is 2.99. The molecule has 2 amide bonds. The fourth-order valence-electron chi connectivity index (χ4n) is 3.61. The maximum absolute atomic E-state index is 12.4. The van der Waals surface area contributed by atoms with Crippen molar-refractivity contribution in [1.82, 2.24) is 20.1 Å². The Morgan fingerprint density at radius 1 is 1.52 bits per heavy atom. The van der Waals surface area contributed by atoms with E-state index in [1.165, 1.54) is 0 Å². The molecule has 2 aliphatic rings. The van der Waals surface area contributed by atoms with E-state index in [-0.39, 0.29) is 6.03 Å². The summed E-state index contributed by atoms with van der Waals surface area (Å²) in [6.45, 7) is 3.88. The van der Waals surface area contributed by atoms with Crippen LogP contribution in [0.2, 0.25) is 0 Å². The van der Waals surface area contributed by atoms with Crippen LogP contribution in [0.25, 0.3) is 0 Å². The number of urea groups is 1. The highest BCUT2D eigenvalue weighted by atomic mass is 16.5. The quantitative estimate of drug-likeness (QED) is 0.906. The highest BCUT2D eigenvalue weighted by Crippen LogP contribution is 2.34. The van der Waals surface area contributed by atoms with Crippen molar-refractivity contribution in [2.75, 3.05) is 40.3 Å². The van der Waals surface area contributed by atoms with E-state index in [2.05, 4.69) is 29.3 Å². The summed E-state index contributed by atoms with van der Waals surface area (Å²) in [6.07, 6.45) is 4.86. The molecule has 0 bridgehead atoms. The summed E-state index contributed by atoms with van der Waals surface area (Å²) in [4.78, 5) is 20.5. The number of carbonyl (C=O) groups excluding carboxylic acids is 1. The van der Waals surface area contributed by atoms with E-state index in [9.17, 15) is 4.79 Å². The average Bonchev–Trinajstić information content (AvgIpc) is 2.95. The van der Waals surface area contributed by atoms with Gasteiger partial charge in [0.2, 0.25) is 0 Å². The molecule has 23 heavy (non-hydrogen) atoms. The van der Waals surface area contributed by atoms with Crippen LogP contribution in [0, 0.1) is 11.8 Å². The minimum atomic E-state index is 0.0170. The van der Waals surface area contributed by atoms with Crippen molar-refractivity contribution in [1.29, 1.82) is 0 Å². The molecular weight excluding hydrogens is 292 g/mol. The summed E-state index contributed by atoms with van der Waals surface area (Å²) in [5.41, 5.74) is 1.02. The molecule has 0 saturated carbocycles. The number of likely N-dealkylation sites (N-methyl/N-ethyl adjacent to an activating group) is 1. The molecule has 0 aliphatic carbocycles. The fraction of sp³-hybridized carbons (Fsp3) is 0.647. The van der Waals surface area contributed by atoms with Gasteiger partial charge in [-0.1, -0.05) is 6.07 Å². The molecule has 2 saturated heterocycles. The minimum absolute atomic E-state index is 0.0170. The van der Waals surface area contributed by atoms with Gasteiger partial charge in [-0.15, -0.1) is 0 Å². The standard InChI is InChI=1S/C17H26N4O2/c1-20(2)11-16-15-5-7-21(10-14(15)12-23-16)17(22)19-9-13-4-3-6-18-8-13/h3-4,6,8,14-16H,5,7,9-12H2,1-2H3,(H,19,22)/t14-,15-,16+/m0/s1. The largest absolute Gasteiger partial charge is 0.376 e. The van der Waals surface area contributed by atoms with Gasteiger partial charge in [-0.05, 0) is 38.1 Å². The zero-order valence-corrected chi connectivity index (χ0v) is 13.9. The van der Waals surface area contributed by atoms with Gasteiger partial charge in [0, 0.05) is 44.5 Å². The first kappa shape index (κ1) is 16.2. The van der Waals surface area contributed by atoms with E-state index in [0.717, 1.165) is 38.2 Å². The van der Waals surface area contributed by atoms with E-state index in [0.29, 0.717) is 24.5 Å². The summed E-state index contributed by atoms with van der Waals surface area (Å²) >= 11 is 0. The van der Waals surface area contributed by atoms with Gasteiger partial charge in [-0.2, -0.15) is 0 Å². The molecule has 3 heterocycles. The van der Waals surface area contributed by atoms with Gasteiger partial charge in [-0.3, -0.25) is 4.98 Å². The molecule has 0 radical (unpaired) electrons. The number of hydrogen-bond acceptors (Lipinski definition) is 4. The number of carbonyl (C=O) groups is 1. The summed E-state index contributed by atoms with van der Waals surface area (Å²) in [5.74, 6) is 1.05. The third-order valence-electron chi connectivity index (χ3n) is 4.79. The monoisotopic (exact) mass is 318 g/mol. The molecule has 3 rings (SSSR count). The van der Waals surface area contributed by atoms with E-state index in [4.69, 9.17) is 4.74 Å². The number of aromatic nitrogens is 1. The van der Waals surface area contributed by atoms with Gasteiger partial charge in [0.15, 0.2) is 0 Å². The van der Waals surface area contributed by atoms with Crippen LogP contribution in [0.1, 0.15) is 12.0 Å². The zero-order valence-electron chi connectivity index (χ0n) is 13.9. The molecule has 0 unspecified atom stereocenters. The van der Waals surface area contributed by atoms with Crippen LogP contribution in [-0.4, -0.2) is 67.3 Å². The van der Waals surface area contributed by atoms with E-state index >= 15 is 0 Å².